The van der Waals surface area contributed by atoms with Crippen molar-refractivity contribution in [2.24, 2.45) is 0 Å². The molecule has 0 aromatic heterocycles. The van der Waals surface area contributed by atoms with Crippen LogP contribution in [0.3, 0.4) is 0 Å². The lowest BCUT2D eigenvalue weighted by Crippen LogP contribution is -2.41. The Hall–Kier alpha value is -3.22. The van der Waals surface area contributed by atoms with Crippen LogP contribution in [0.15, 0.2) is 47.4 Å². The molecular weight excluding hydrogens is 428 g/mol. The van der Waals surface area contributed by atoms with Gasteiger partial charge in [0, 0.05) is 30.5 Å². The maximum Gasteiger partial charge on any atom is 0.312 e. The lowest BCUT2D eigenvalue weighted by Gasteiger charge is -2.25. The van der Waals surface area contributed by atoms with Gasteiger partial charge in [0.1, 0.15) is 0 Å². The standard InChI is InChI=1S/C19H22N4O7S/c1-29-18-7-6-16(12-17(18)23(25)26)31(27,28)21-15-4-2-14(3-5-15)20-19(24)13-22-8-10-30-11-9-22/h2-7,12,21H,8-11,13H2,1H3,(H,20,24). The summed E-state index contributed by atoms with van der Waals surface area (Å²) in [6, 6.07) is 9.46. The van der Waals surface area contributed by atoms with E-state index in [-0.39, 0.29) is 28.8 Å². The van der Waals surface area contributed by atoms with Crippen LogP contribution in [-0.4, -0.2) is 64.1 Å². The average Bonchev–Trinajstić information content (AvgIpc) is 2.75. The number of hydrogen-bond donors (Lipinski definition) is 2. The van der Waals surface area contributed by atoms with Crippen LogP contribution in [0.5, 0.6) is 5.75 Å². The van der Waals surface area contributed by atoms with E-state index in [1.54, 1.807) is 12.1 Å². The maximum absolute atomic E-state index is 12.6. The molecule has 0 saturated carbocycles. The van der Waals surface area contributed by atoms with Gasteiger partial charge in [0.2, 0.25) is 5.91 Å². The summed E-state index contributed by atoms with van der Waals surface area (Å²) in [5, 5.41) is 13.9. The van der Waals surface area contributed by atoms with Crippen molar-refractivity contribution in [3.05, 3.63) is 52.6 Å². The number of methoxy groups -OCH3 is 1. The first kappa shape index (κ1) is 22.5. The molecule has 0 bridgehead atoms. The lowest BCUT2D eigenvalue weighted by atomic mass is 10.3. The van der Waals surface area contributed by atoms with Crippen molar-refractivity contribution in [2.75, 3.05) is 50.0 Å². The van der Waals surface area contributed by atoms with Gasteiger partial charge in [-0.3, -0.25) is 24.5 Å². The zero-order valence-corrected chi connectivity index (χ0v) is 17.6. The van der Waals surface area contributed by atoms with Crippen LogP contribution >= 0.6 is 0 Å². The van der Waals surface area contributed by atoms with E-state index in [1.807, 2.05) is 4.90 Å². The molecule has 1 heterocycles. The third-order valence-electron chi connectivity index (χ3n) is 4.55. The van der Waals surface area contributed by atoms with Crippen molar-refractivity contribution >= 4 is 33.0 Å². The molecule has 11 nitrogen and oxygen atoms in total. The van der Waals surface area contributed by atoms with E-state index in [9.17, 15) is 23.3 Å². The molecule has 0 unspecified atom stereocenters. The summed E-state index contributed by atoms with van der Waals surface area (Å²) in [6.45, 7) is 2.82. The topological polar surface area (TPSA) is 140 Å². The quantitative estimate of drug-likeness (QED) is 0.457. The van der Waals surface area contributed by atoms with E-state index in [0.717, 1.165) is 6.07 Å². The number of carbonyl (C=O) groups is 1. The van der Waals surface area contributed by atoms with Crippen molar-refractivity contribution < 1.29 is 27.6 Å². The van der Waals surface area contributed by atoms with Gasteiger partial charge in [-0.25, -0.2) is 8.42 Å². The molecular formula is C19H22N4O7S. The molecule has 2 aromatic rings. The number of nitro benzene ring substituents is 1. The second kappa shape index (κ2) is 9.73. The van der Waals surface area contributed by atoms with Crippen LogP contribution in [0.25, 0.3) is 0 Å². The van der Waals surface area contributed by atoms with Crippen molar-refractivity contribution in [1.29, 1.82) is 0 Å². The summed E-state index contributed by atoms with van der Waals surface area (Å²) >= 11 is 0. The number of nitrogens with zero attached hydrogens (tertiary/aromatic N) is 2. The first-order valence-electron chi connectivity index (χ1n) is 9.34. The summed E-state index contributed by atoms with van der Waals surface area (Å²) in [4.78, 5) is 24.3. The maximum atomic E-state index is 12.6. The van der Waals surface area contributed by atoms with Crippen molar-refractivity contribution in [1.82, 2.24) is 4.90 Å². The smallest absolute Gasteiger partial charge is 0.312 e. The number of ether oxygens (including phenoxy) is 2. The highest BCUT2D eigenvalue weighted by atomic mass is 32.2. The molecule has 1 amide bonds. The van der Waals surface area contributed by atoms with Gasteiger partial charge in [0.15, 0.2) is 5.75 Å². The van der Waals surface area contributed by atoms with Gasteiger partial charge in [-0.15, -0.1) is 0 Å². The normalized spacial score (nSPS) is 14.6. The molecule has 1 fully saturated rings. The highest BCUT2D eigenvalue weighted by Crippen LogP contribution is 2.30. The number of sulfonamides is 1. The number of nitro groups is 1. The number of hydrogen-bond acceptors (Lipinski definition) is 8. The molecule has 2 N–H and O–H groups in total. The third kappa shape index (κ3) is 5.90. The minimum Gasteiger partial charge on any atom is -0.490 e. The molecule has 12 heteroatoms. The molecule has 0 aliphatic carbocycles. The number of anilines is 2. The van der Waals surface area contributed by atoms with Gasteiger partial charge in [-0.2, -0.15) is 0 Å². The molecule has 31 heavy (non-hydrogen) atoms. The zero-order chi connectivity index (χ0) is 22.4. The van der Waals surface area contributed by atoms with E-state index in [0.29, 0.717) is 32.0 Å². The van der Waals surface area contributed by atoms with Crippen LogP contribution in [0.2, 0.25) is 0 Å². The summed E-state index contributed by atoms with van der Waals surface area (Å²) in [5.41, 5.74) is 0.301. The van der Waals surface area contributed by atoms with Crippen molar-refractivity contribution in [2.45, 2.75) is 4.90 Å². The Bertz CT molecular complexity index is 1050. The third-order valence-corrected chi connectivity index (χ3v) is 5.93. The zero-order valence-electron chi connectivity index (χ0n) is 16.7. The molecule has 2 aromatic carbocycles. The summed E-state index contributed by atoms with van der Waals surface area (Å²) in [6.07, 6.45) is 0. The Balaban J connectivity index is 1.65. The number of carbonyl (C=O) groups excluding carboxylic acids is 1. The van der Waals surface area contributed by atoms with Crippen molar-refractivity contribution in [3.63, 3.8) is 0 Å². The van der Waals surface area contributed by atoms with E-state index in [2.05, 4.69) is 10.0 Å². The van der Waals surface area contributed by atoms with Gasteiger partial charge in [-0.05, 0) is 36.4 Å². The summed E-state index contributed by atoms with van der Waals surface area (Å²) < 4.78 is 37.7. The number of morpholine rings is 1. The monoisotopic (exact) mass is 450 g/mol. The first-order chi connectivity index (χ1) is 14.8. The number of amides is 1. The van der Waals surface area contributed by atoms with E-state index >= 15 is 0 Å². The van der Waals surface area contributed by atoms with E-state index in [4.69, 9.17) is 9.47 Å². The van der Waals surface area contributed by atoms with Crippen LogP contribution in [0.4, 0.5) is 17.1 Å². The first-order valence-corrected chi connectivity index (χ1v) is 10.8. The molecule has 1 aliphatic rings. The Kier molecular flexibility index (Phi) is 7.05. The predicted octanol–water partition coefficient (Wildman–Crippen LogP) is 1.67. The fourth-order valence-corrected chi connectivity index (χ4v) is 4.06. The highest BCUT2D eigenvalue weighted by Gasteiger charge is 2.22. The fourth-order valence-electron chi connectivity index (χ4n) is 2.98. The molecule has 1 saturated heterocycles. The molecule has 1 aliphatic heterocycles. The lowest BCUT2D eigenvalue weighted by molar-refractivity contribution is -0.386. The minimum atomic E-state index is -4.07. The van der Waals surface area contributed by atoms with Crippen LogP contribution < -0.4 is 14.8 Å². The highest BCUT2D eigenvalue weighted by molar-refractivity contribution is 7.92. The van der Waals surface area contributed by atoms with Gasteiger partial charge >= 0.3 is 5.69 Å². The Labute approximate surface area is 179 Å². The molecule has 0 atom stereocenters. The largest absolute Gasteiger partial charge is 0.490 e. The average molecular weight is 450 g/mol. The predicted molar refractivity (Wildman–Crippen MR) is 113 cm³/mol. The minimum absolute atomic E-state index is 0.0406. The molecule has 3 rings (SSSR count). The SMILES string of the molecule is COc1ccc(S(=O)(=O)Nc2ccc(NC(=O)CN3CCOCC3)cc2)cc1[N+](=O)[O-]. The number of benzene rings is 2. The van der Waals surface area contributed by atoms with Gasteiger partial charge in [-0.1, -0.05) is 0 Å². The molecule has 0 radical (unpaired) electrons. The van der Waals surface area contributed by atoms with E-state index < -0.39 is 20.6 Å². The van der Waals surface area contributed by atoms with E-state index in [1.165, 1.54) is 31.4 Å². The number of nitrogens with one attached hydrogen (secondary N) is 2. The molecule has 166 valence electrons. The fraction of sp³-hybridized carbons (Fsp3) is 0.316. The van der Waals surface area contributed by atoms with Gasteiger partial charge in [0.05, 0.1) is 36.7 Å². The summed E-state index contributed by atoms with van der Waals surface area (Å²) in [7, 11) is -2.81. The number of rotatable bonds is 8. The van der Waals surface area contributed by atoms with Crippen molar-refractivity contribution in [3.8, 4) is 5.75 Å². The van der Waals surface area contributed by atoms with Crippen LogP contribution in [0, 0.1) is 10.1 Å². The van der Waals surface area contributed by atoms with Gasteiger partial charge in [0.25, 0.3) is 10.0 Å². The Morgan fingerprint density at radius 2 is 1.81 bits per heavy atom. The second-order valence-corrected chi connectivity index (χ2v) is 8.39. The second-order valence-electron chi connectivity index (χ2n) is 6.71. The Morgan fingerprint density at radius 3 is 2.42 bits per heavy atom. The molecule has 0 spiro atoms. The Morgan fingerprint density at radius 1 is 1.16 bits per heavy atom. The van der Waals surface area contributed by atoms with Crippen LogP contribution in [-0.2, 0) is 19.6 Å². The summed E-state index contributed by atoms with van der Waals surface area (Å²) in [5.74, 6) is -0.220. The van der Waals surface area contributed by atoms with Gasteiger partial charge < -0.3 is 14.8 Å². The van der Waals surface area contributed by atoms with Crippen LogP contribution in [0.1, 0.15) is 0 Å².